The maximum absolute atomic E-state index is 12.2. The van der Waals surface area contributed by atoms with Crippen molar-refractivity contribution in [2.45, 2.75) is 51.7 Å². The minimum Gasteiger partial charge on any atom is -0.381 e. The van der Waals surface area contributed by atoms with Crippen LogP contribution in [0.2, 0.25) is 0 Å². The van der Waals surface area contributed by atoms with E-state index in [0.717, 1.165) is 32.4 Å². The van der Waals surface area contributed by atoms with Crippen LogP contribution < -0.4 is 10.6 Å². The number of carbonyl (C=O) groups excluding carboxylic acids is 1. The Morgan fingerprint density at radius 1 is 1.32 bits per heavy atom. The van der Waals surface area contributed by atoms with E-state index in [2.05, 4.69) is 29.5 Å². The van der Waals surface area contributed by atoms with Crippen LogP contribution in [-0.4, -0.2) is 62.7 Å². The summed E-state index contributed by atoms with van der Waals surface area (Å²) in [7, 11) is 3.49. The lowest BCUT2D eigenvalue weighted by Gasteiger charge is -2.51. The fourth-order valence-corrected chi connectivity index (χ4v) is 3.30. The van der Waals surface area contributed by atoms with Crippen LogP contribution in [0.4, 0.5) is 0 Å². The van der Waals surface area contributed by atoms with Crippen molar-refractivity contribution in [2.75, 3.05) is 33.8 Å². The van der Waals surface area contributed by atoms with Gasteiger partial charge in [0.15, 0.2) is 5.96 Å². The number of ether oxygens (including phenoxy) is 1. The summed E-state index contributed by atoms with van der Waals surface area (Å²) in [6.45, 7) is 6.46. The Labute approximate surface area is 133 Å². The lowest BCUT2D eigenvalue weighted by atomic mass is 9.64. The molecule has 6 nitrogen and oxygen atoms in total. The lowest BCUT2D eigenvalue weighted by Crippen LogP contribution is -2.63. The van der Waals surface area contributed by atoms with E-state index in [0.29, 0.717) is 18.5 Å². The number of nitrogens with one attached hydrogen (secondary N) is 2. The number of guanidine groups is 1. The highest BCUT2D eigenvalue weighted by Crippen LogP contribution is 2.42. The molecule has 0 bridgehead atoms. The molecule has 1 saturated carbocycles. The minimum absolute atomic E-state index is 0.0727. The number of amides is 1. The first-order valence-corrected chi connectivity index (χ1v) is 8.26. The Morgan fingerprint density at radius 2 is 2.00 bits per heavy atom. The number of nitrogens with zero attached hydrogens (tertiary/aromatic N) is 2. The van der Waals surface area contributed by atoms with Gasteiger partial charge in [-0.2, -0.15) is 0 Å². The third-order valence-electron chi connectivity index (χ3n) is 5.11. The second kappa shape index (κ2) is 7.31. The molecule has 1 aliphatic carbocycles. The van der Waals surface area contributed by atoms with Crippen LogP contribution in [0.5, 0.6) is 0 Å². The summed E-state index contributed by atoms with van der Waals surface area (Å²) in [5.41, 5.74) is 0.0727. The molecule has 1 amide bonds. The van der Waals surface area contributed by atoms with Crippen LogP contribution >= 0.6 is 0 Å². The molecular weight excluding hydrogens is 280 g/mol. The zero-order chi connectivity index (χ0) is 16.2. The SMILES string of the molecule is CN=C(NCC(=O)N1CCCCC1)NC1CC(OC)C1(C)C. The fraction of sp³-hybridized carbons (Fsp3) is 0.875. The summed E-state index contributed by atoms with van der Waals surface area (Å²) in [5, 5.41) is 6.55. The minimum atomic E-state index is 0.0727. The average molecular weight is 310 g/mol. The van der Waals surface area contributed by atoms with Gasteiger partial charge in [-0.05, 0) is 25.7 Å². The highest BCUT2D eigenvalue weighted by atomic mass is 16.5. The van der Waals surface area contributed by atoms with Crippen LogP contribution in [-0.2, 0) is 9.53 Å². The molecule has 2 fully saturated rings. The third-order valence-corrected chi connectivity index (χ3v) is 5.11. The second-order valence-electron chi connectivity index (χ2n) is 6.85. The number of methoxy groups -OCH3 is 1. The monoisotopic (exact) mass is 310 g/mol. The number of piperidine rings is 1. The van der Waals surface area contributed by atoms with E-state index >= 15 is 0 Å². The molecule has 2 aliphatic rings. The summed E-state index contributed by atoms with van der Waals surface area (Å²) >= 11 is 0. The maximum Gasteiger partial charge on any atom is 0.241 e. The number of carbonyl (C=O) groups is 1. The summed E-state index contributed by atoms with van der Waals surface area (Å²) in [6, 6.07) is 0.314. The molecule has 22 heavy (non-hydrogen) atoms. The quantitative estimate of drug-likeness (QED) is 0.600. The lowest BCUT2D eigenvalue weighted by molar-refractivity contribution is -0.130. The molecule has 0 spiro atoms. The summed E-state index contributed by atoms with van der Waals surface area (Å²) in [6.07, 6.45) is 4.71. The van der Waals surface area contributed by atoms with E-state index < -0.39 is 0 Å². The topological polar surface area (TPSA) is 66.0 Å². The smallest absolute Gasteiger partial charge is 0.241 e. The zero-order valence-electron chi connectivity index (χ0n) is 14.3. The Balaban J connectivity index is 1.77. The maximum atomic E-state index is 12.2. The van der Waals surface area contributed by atoms with Gasteiger partial charge < -0.3 is 20.3 Å². The predicted molar refractivity (Wildman–Crippen MR) is 87.9 cm³/mol. The molecule has 1 aliphatic heterocycles. The Morgan fingerprint density at radius 3 is 2.55 bits per heavy atom. The number of hydrogen-bond donors (Lipinski definition) is 2. The van der Waals surface area contributed by atoms with Crippen molar-refractivity contribution >= 4 is 11.9 Å². The van der Waals surface area contributed by atoms with Crippen molar-refractivity contribution in [3.63, 3.8) is 0 Å². The first kappa shape index (κ1) is 17.1. The normalized spacial score (nSPS) is 28.0. The zero-order valence-corrected chi connectivity index (χ0v) is 14.3. The molecule has 2 unspecified atom stereocenters. The van der Waals surface area contributed by atoms with Gasteiger partial charge in [0.1, 0.15) is 0 Å². The Kier molecular flexibility index (Phi) is 5.67. The van der Waals surface area contributed by atoms with E-state index in [1.165, 1.54) is 6.42 Å². The van der Waals surface area contributed by atoms with E-state index in [-0.39, 0.29) is 17.4 Å². The number of likely N-dealkylation sites (tertiary alicyclic amines) is 1. The molecule has 0 aromatic carbocycles. The fourth-order valence-electron chi connectivity index (χ4n) is 3.30. The van der Waals surface area contributed by atoms with Crippen LogP contribution in [0.15, 0.2) is 4.99 Å². The first-order valence-electron chi connectivity index (χ1n) is 8.26. The molecular formula is C16H30N4O2. The van der Waals surface area contributed by atoms with Gasteiger partial charge in [-0.3, -0.25) is 9.79 Å². The van der Waals surface area contributed by atoms with E-state index in [1.807, 2.05) is 4.90 Å². The summed E-state index contributed by atoms with van der Waals surface area (Å²) in [4.78, 5) is 18.3. The number of rotatable bonds is 4. The van der Waals surface area contributed by atoms with Gasteiger partial charge in [0, 0.05) is 38.7 Å². The average Bonchev–Trinajstić information content (AvgIpc) is 2.54. The van der Waals surface area contributed by atoms with Gasteiger partial charge in [-0.15, -0.1) is 0 Å². The van der Waals surface area contributed by atoms with Crippen molar-refractivity contribution in [1.29, 1.82) is 0 Å². The highest BCUT2D eigenvalue weighted by molar-refractivity contribution is 5.86. The Hall–Kier alpha value is -1.30. The first-order chi connectivity index (χ1) is 10.5. The van der Waals surface area contributed by atoms with Crippen LogP contribution in [0, 0.1) is 5.41 Å². The van der Waals surface area contributed by atoms with Crippen LogP contribution in [0.3, 0.4) is 0 Å². The van der Waals surface area contributed by atoms with Crippen LogP contribution in [0.25, 0.3) is 0 Å². The predicted octanol–water partition coefficient (Wildman–Crippen LogP) is 0.977. The van der Waals surface area contributed by atoms with Crippen molar-refractivity contribution < 1.29 is 9.53 Å². The number of aliphatic imine (C=N–C) groups is 1. The molecule has 2 atom stereocenters. The molecule has 0 aromatic rings. The van der Waals surface area contributed by atoms with Crippen molar-refractivity contribution in [1.82, 2.24) is 15.5 Å². The molecule has 2 N–H and O–H groups in total. The molecule has 6 heteroatoms. The van der Waals surface area contributed by atoms with Crippen LogP contribution in [0.1, 0.15) is 39.5 Å². The summed E-state index contributed by atoms with van der Waals surface area (Å²) in [5.74, 6) is 0.850. The van der Waals surface area contributed by atoms with Gasteiger partial charge >= 0.3 is 0 Å². The van der Waals surface area contributed by atoms with E-state index in [4.69, 9.17) is 4.74 Å². The third kappa shape index (κ3) is 3.72. The van der Waals surface area contributed by atoms with Gasteiger partial charge in [-0.1, -0.05) is 13.8 Å². The summed E-state index contributed by atoms with van der Waals surface area (Å²) < 4.78 is 5.46. The van der Waals surface area contributed by atoms with E-state index in [1.54, 1.807) is 14.2 Å². The molecule has 1 heterocycles. The largest absolute Gasteiger partial charge is 0.381 e. The van der Waals surface area contributed by atoms with E-state index in [9.17, 15) is 4.79 Å². The molecule has 126 valence electrons. The van der Waals surface area contributed by atoms with Gasteiger partial charge in [-0.25, -0.2) is 0 Å². The van der Waals surface area contributed by atoms with Gasteiger partial charge in [0.25, 0.3) is 0 Å². The Bertz CT molecular complexity index is 416. The standard InChI is InChI=1S/C16H30N4O2/c1-16(2)12(10-13(16)22-4)19-15(17-3)18-11-14(21)20-8-6-5-7-9-20/h12-13H,5-11H2,1-4H3,(H2,17,18,19). The molecule has 0 aromatic heterocycles. The molecule has 2 rings (SSSR count). The molecule has 0 radical (unpaired) electrons. The highest BCUT2D eigenvalue weighted by Gasteiger charge is 2.48. The van der Waals surface area contributed by atoms with Crippen molar-refractivity contribution in [3.8, 4) is 0 Å². The van der Waals surface area contributed by atoms with Crippen molar-refractivity contribution in [3.05, 3.63) is 0 Å². The van der Waals surface area contributed by atoms with Gasteiger partial charge in [0.05, 0.1) is 12.6 Å². The van der Waals surface area contributed by atoms with Gasteiger partial charge in [0.2, 0.25) is 5.91 Å². The number of hydrogen-bond acceptors (Lipinski definition) is 3. The van der Waals surface area contributed by atoms with Crippen molar-refractivity contribution in [2.24, 2.45) is 10.4 Å². The second-order valence-corrected chi connectivity index (χ2v) is 6.85. The molecule has 1 saturated heterocycles.